The molecule has 0 unspecified atom stereocenters. The minimum absolute atomic E-state index is 0.143. The molecule has 0 heterocycles. The third-order valence-electron chi connectivity index (χ3n) is 2.39. The molecule has 0 aromatic heterocycles. The van der Waals surface area contributed by atoms with Crippen molar-refractivity contribution in [2.45, 2.75) is 11.3 Å². The number of benzene rings is 1. The van der Waals surface area contributed by atoms with Gasteiger partial charge in [-0.05, 0) is 24.1 Å². The van der Waals surface area contributed by atoms with Crippen LogP contribution in [0.5, 0.6) is 0 Å². The summed E-state index contributed by atoms with van der Waals surface area (Å²) in [5.41, 5.74) is 10.00. The van der Waals surface area contributed by atoms with Crippen LogP contribution in [0.1, 0.15) is 11.1 Å². The zero-order valence-electron chi connectivity index (χ0n) is 8.16. The maximum Gasteiger partial charge on any atom is 0.322 e. The van der Waals surface area contributed by atoms with E-state index in [1.165, 1.54) is 12.1 Å². The molecule has 6 heteroatoms. The summed E-state index contributed by atoms with van der Waals surface area (Å²) in [4.78, 5) is 2.92. The highest BCUT2D eigenvalue weighted by atomic mass is 32.2. The molecule has 0 spiro atoms. The van der Waals surface area contributed by atoms with Gasteiger partial charge in [0.1, 0.15) is 0 Å². The lowest BCUT2D eigenvalue weighted by atomic mass is 9.95. The highest BCUT2D eigenvalue weighted by Crippen LogP contribution is 2.23. The molecule has 0 aliphatic heterocycles. The Morgan fingerprint density at radius 1 is 1.38 bits per heavy atom. The molecule has 1 N–H and O–H groups in total. The lowest BCUT2D eigenvalue weighted by Crippen LogP contribution is -2.12. The first kappa shape index (κ1) is 10.8. The summed E-state index contributed by atoms with van der Waals surface area (Å²) in [6.45, 7) is 0. The second-order valence-electron chi connectivity index (χ2n) is 3.35. The monoisotopic (exact) mass is 236 g/mol. The van der Waals surface area contributed by atoms with Gasteiger partial charge in [-0.1, -0.05) is 12.1 Å². The molecule has 2 rings (SSSR count). The molecule has 0 bridgehead atoms. The Morgan fingerprint density at radius 2 is 2.12 bits per heavy atom. The van der Waals surface area contributed by atoms with Crippen molar-refractivity contribution < 1.29 is 17.8 Å². The van der Waals surface area contributed by atoms with Crippen LogP contribution >= 0.6 is 0 Å². The number of fused-ring (bicyclic) bond motifs is 1. The minimum Gasteiger partial charge on any atom is -0.361 e. The fourth-order valence-electron chi connectivity index (χ4n) is 1.72. The van der Waals surface area contributed by atoms with Gasteiger partial charge in [0, 0.05) is 6.08 Å². The molecule has 0 radical (unpaired) electrons. The normalized spacial score (nSPS) is 14.4. The maximum atomic E-state index is 11.1. The Morgan fingerprint density at radius 3 is 2.75 bits per heavy atom. The van der Waals surface area contributed by atoms with Crippen LogP contribution in [0.2, 0.25) is 0 Å². The summed E-state index contributed by atoms with van der Waals surface area (Å²) in [6, 6.07) is 4.46. The third-order valence-corrected chi connectivity index (χ3v) is 3.33. The summed E-state index contributed by atoms with van der Waals surface area (Å²) in [5, 5.41) is 0. The largest absolute Gasteiger partial charge is 0.361 e. The average Bonchev–Trinajstić information content (AvgIpc) is 2.26. The van der Waals surface area contributed by atoms with Gasteiger partial charge >= 0.3 is 5.71 Å². The maximum absolute atomic E-state index is 11.1. The van der Waals surface area contributed by atoms with Crippen LogP contribution in [0.15, 0.2) is 35.2 Å². The third kappa shape index (κ3) is 1.69. The van der Waals surface area contributed by atoms with E-state index in [0.29, 0.717) is 17.5 Å². The van der Waals surface area contributed by atoms with Crippen LogP contribution < -0.4 is 0 Å². The molecule has 0 amide bonds. The minimum atomic E-state index is -4.25. The van der Waals surface area contributed by atoms with Gasteiger partial charge in [0.2, 0.25) is 0 Å². The predicted octanol–water partition coefficient (Wildman–Crippen LogP) is 1.06. The van der Waals surface area contributed by atoms with Crippen molar-refractivity contribution in [2.24, 2.45) is 0 Å². The van der Waals surface area contributed by atoms with E-state index in [2.05, 4.69) is 4.79 Å². The Hall–Kier alpha value is -1.75. The Labute approximate surface area is 92.4 Å². The van der Waals surface area contributed by atoms with E-state index in [0.717, 1.165) is 0 Å². The summed E-state index contributed by atoms with van der Waals surface area (Å²) < 4.78 is 31.3. The van der Waals surface area contributed by atoms with E-state index in [1.807, 2.05) is 0 Å². The van der Waals surface area contributed by atoms with E-state index in [1.54, 1.807) is 18.2 Å². The molecule has 5 nitrogen and oxygen atoms in total. The van der Waals surface area contributed by atoms with E-state index in [9.17, 15) is 8.42 Å². The Kier molecular flexibility index (Phi) is 2.47. The van der Waals surface area contributed by atoms with Crippen LogP contribution in [0.25, 0.3) is 5.53 Å². The van der Waals surface area contributed by atoms with Crippen LogP contribution in [0, 0.1) is 0 Å². The van der Waals surface area contributed by atoms with Gasteiger partial charge in [-0.15, -0.1) is 0 Å². The van der Waals surface area contributed by atoms with Crippen LogP contribution in [-0.2, 0) is 16.5 Å². The lowest BCUT2D eigenvalue weighted by Gasteiger charge is -2.10. The fourth-order valence-corrected chi connectivity index (χ4v) is 2.48. The number of nitrogens with zero attached hydrogens (tertiary/aromatic N) is 2. The highest BCUT2D eigenvalue weighted by Gasteiger charge is 2.24. The summed E-state index contributed by atoms with van der Waals surface area (Å²) in [7, 11) is -4.25. The van der Waals surface area contributed by atoms with Crippen molar-refractivity contribution in [3.8, 4) is 0 Å². The lowest BCUT2D eigenvalue weighted by molar-refractivity contribution is -0.00235. The molecule has 82 valence electrons. The van der Waals surface area contributed by atoms with Crippen LogP contribution in [0.4, 0.5) is 0 Å². The topological polar surface area (TPSA) is 90.8 Å². The van der Waals surface area contributed by atoms with Crippen molar-refractivity contribution in [2.75, 3.05) is 0 Å². The molecule has 0 saturated heterocycles. The molecule has 1 aromatic rings. The molecule has 0 atom stereocenters. The van der Waals surface area contributed by atoms with Crippen molar-refractivity contribution >= 4 is 15.8 Å². The van der Waals surface area contributed by atoms with Crippen molar-refractivity contribution in [1.29, 1.82) is 0 Å². The van der Waals surface area contributed by atoms with E-state index in [4.69, 9.17) is 10.1 Å². The van der Waals surface area contributed by atoms with Gasteiger partial charge in [0.15, 0.2) is 0 Å². The molecule has 1 aliphatic carbocycles. The van der Waals surface area contributed by atoms with Crippen LogP contribution in [-0.4, -0.2) is 23.5 Å². The van der Waals surface area contributed by atoms with E-state index >= 15 is 0 Å². The molecular weight excluding hydrogens is 228 g/mol. The van der Waals surface area contributed by atoms with Crippen LogP contribution in [0.3, 0.4) is 0 Å². The quantitative estimate of drug-likeness (QED) is 0.449. The molecular formula is C10H8N2O3S. The summed E-state index contributed by atoms with van der Waals surface area (Å²) >= 11 is 0. The number of hydrogen-bond donors (Lipinski definition) is 1. The Balaban J connectivity index is 2.78. The van der Waals surface area contributed by atoms with Gasteiger partial charge < -0.3 is 5.53 Å². The first-order chi connectivity index (χ1) is 7.54. The van der Waals surface area contributed by atoms with E-state index < -0.39 is 10.1 Å². The predicted molar refractivity (Wildman–Crippen MR) is 56.8 cm³/mol. The second-order valence-corrected chi connectivity index (χ2v) is 4.74. The smallest absolute Gasteiger partial charge is 0.322 e. The van der Waals surface area contributed by atoms with Crippen molar-refractivity contribution in [3.05, 3.63) is 47.0 Å². The highest BCUT2D eigenvalue weighted by molar-refractivity contribution is 7.85. The molecule has 0 fully saturated rings. The second kappa shape index (κ2) is 3.68. The van der Waals surface area contributed by atoms with Gasteiger partial charge in [-0.2, -0.15) is 13.2 Å². The molecule has 1 aromatic carbocycles. The number of hydrogen-bond acceptors (Lipinski definition) is 2. The zero-order valence-corrected chi connectivity index (χ0v) is 8.98. The SMILES string of the molecule is [N-]=[N+]=C1C=CCc2c1cccc2S(=O)(=O)O. The standard InChI is InChI=1S/C10H8N2O3S/c11-12-9-5-1-4-8-7(9)3-2-6-10(8)16(13,14)15/h1-3,5-6H,4H2,(H,13,14,15). The van der Waals surface area contributed by atoms with Gasteiger partial charge in [-0.3, -0.25) is 4.55 Å². The fraction of sp³-hybridized carbons (Fsp3) is 0.100. The molecule has 1 aliphatic rings. The van der Waals surface area contributed by atoms with E-state index in [-0.39, 0.29) is 10.6 Å². The Bertz CT molecular complexity index is 625. The van der Waals surface area contributed by atoms with Crippen molar-refractivity contribution in [1.82, 2.24) is 0 Å². The first-order valence-electron chi connectivity index (χ1n) is 4.52. The molecule has 16 heavy (non-hydrogen) atoms. The number of rotatable bonds is 1. The average molecular weight is 236 g/mol. The van der Waals surface area contributed by atoms with Crippen molar-refractivity contribution in [3.63, 3.8) is 0 Å². The summed E-state index contributed by atoms with van der Waals surface area (Å²) in [6.07, 6.45) is 3.65. The van der Waals surface area contributed by atoms with Gasteiger partial charge in [-0.25, -0.2) is 0 Å². The van der Waals surface area contributed by atoms with Gasteiger partial charge in [0.25, 0.3) is 10.1 Å². The first-order valence-corrected chi connectivity index (χ1v) is 5.96. The number of allylic oxidation sites excluding steroid dienone is 2. The zero-order chi connectivity index (χ0) is 11.8. The van der Waals surface area contributed by atoms with Gasteiger partial charge in [0.05, 0.1) is 10.5 Å². The molecule has 0 saturated carbocycles. The summed E-state index contributed by atoms with van der Waals surface area (Å²) in [5.74, 6) is 0.